The van der Waals surface area contributed by atoms with Crippen molar-refractivity contribution >= 4 is 17.6 Å². The molecule has 0 aliphatic carbocycles. The molecule has 1 amide bonds. The number of aliphatic carboxylic acids is 1. The average molecular weight is 323 g/mol. The molecule has 2 aliphatic rings. The number of hydrazone groups is 1. The fourth-order valence-electron chi connectivity index (χ4n) is 2.34. The molecule has 0 aromatic heterocycles. The summed E-state index contributed by atoms with van der Waals surface area (Å²) in [6.45, 7) is 6.00. The van der Waals surface area contributed by atoms with Crippen LogP contribution in [-0.2, 0) is 9.59 Å². The summed E-state index contributed by atoms with van der Waals surface area (Å²) in [5, 5.41) is 16.6. The van der Waals surface area contributed by atoms with Crippen LogP contribution in [0.3, 0.4) is 0 Å². The zero-order chi connectivity index (χ0) is 16.9. The minimum atomic E-state index is -5.08. The van der Waals surface area contributed by atoms with E-state index in [0.29, 0.717) is 6.04 Å². The molecule has 1 atom stereocenters. The van der Waals surface area contributed by atoms with Crippen molar-refractivity contribution in [1.29, 1.82) is 0 Å². The normalized spacial score (nSPS) is 23.5. The summed E-state index contributed by atoms with van der Waals surface area (Å²) in [7, 11) is 0. The van der Waals surface area contributed by atoms with Gasteiger partial charge in [0.1, 0.15) is 0 Å². The van der Waals surface area contributed by atoms with Crippen molar-refractivity contribution in [2.75, 3.05) is 13.1 Å². The average Bonchev–Trinajstić information content (AvgIpc) is 2.43. The molecule has 1 fully saturated rings. The number of carbonyl (C=O) groups excluding carboxylic acids is 1. The van der Waals surface area contributed by atoms with Crippen molar-refractivity contribution in [3.63, 3.8) is 0 Å². The van der Waals surface area contributed by atoms with Gasteiger partial charge in [-0.1, -0.05) is 6.92 Å². The molecule has 2 rings (SSSR count). The van der Waals surface area contributed by atoms with Crippen LogP contribution in [0.15, 0.2) is 5.10 Å². The highest BCUT2D eigenvalue weighted by Crippen LogP contribution is 2.21. The zero-order valence-electron chi connectivity index (χ0n) is 12.5. The molecule has 0 spiro atoms. The van der Waals surface area contributed by atoms with Crippen molar-refractivity contribution < 1.29 is 27.9 Å². The third kappa shape index (κ3) is 5.28. The van der Waals surface area contributed by atoms with Gasteiger partial charge in [0.05, 0.1) is 6.04 Å². The number of nitrogens with zero attached hydrogens (tertiary/aromatic N) is 2. The Hall–Kier alpha value is -1.64. The van der Waals surface area contributed by atoms with E-state index in [2.05, 4.69) is 10.4 Å². The maximum atomic E-state index is 12.0. The van der Waals surface area contributed by atoms with Gasteiger partial charge in [0.2, 0.25) is 5.91 Å². The van der Waals surface area contributed by atoms with Crippen molar-refractivity contribution in [2.45, 2.75) is 45.3 Å². The number of nitrogens with one attached hydrogen (secondary N) is 1. The van der Waals surface area contributed by atoms with Gasteiger partial charge in [0.25, 0.3) is 0 Å². The molecule has 0 saturated carbocycles. The first-order chi connectivity index (χ1) is 10.1. The predicted molar refractivity (Wildman–Crippen MR) is 73.3 cm³/mol. The number of amides is 1. The van der Waals surface area contributed by atoms with E-state index in [4.69, 9.17) is 9.90 Å². The number of carboxylic acids is 1. The molecule has 22 heavy (non-hydrogen) atoms. The number of piperidine rings is 1. The fraction of sp³-hybridized carbons (Fsp3) is 0.769. The predicted octanol–water partition coefficient (Wildman–Crippen LogP) is 1.62. The lowest BCUT2D eigenvalue weighted by Gasteiger charge is -2.35. The molecule has 0 radical (unpaired) electrons. The van der Waals surface area contributed by atoms with Crippen LogP contribution in [0.2, 0.25) is 0 Å². The van der Waals surface area contributed by atoms with Gasteiger partial charge in [-0.05, 0) is 39.3 Å². The molecule has 9 heteroatoms. The molecule has 1 saturated heterocycles. The van der Waals surface area contributed by atoms with Crippen molar-refractivity contribution in [3.05, 3.63) is 0 Å². The van der Waals surface area contributed by atoms with Gasteiger partial charge in [0, 0.05) is 11.6 Å². The Balaban J connectivity index is 0.000000295. The van der Waals surface area contributed by atoms with Crippen LogP contribution in [-0.4, -0.2) is 53.0 Å². The Morgan fingerprint density at radius 1 is 1.36 bits per heavy atom. The van der Waals surface area contributed by atoms with E-state index in [-0.39, 0.29) is 11.8 Å². The summed E-state index contributed by atoms with van der Waals surface area (Å²) in [6.07, 6.45) is -2.22. The van der Waals surface area contributed by atoms with Gasteiger partial charge in [-0.25, -0.2) is 9.80 Å². The molecular formula is C13H20F3N3O3. The summed E-state index contributed by atoms with van der Waals surface area (Å²) in [5.41, 5.74) is 1.08. The number of halogens is 3. The number of carboxylic acid groups (broad SMARTS) is 1. The van der Waals surface area contributed by atoms with E-state index < -0.39 is 12.1 Å². The third-order valence-electron chi connectivity index (χ3n) is 3.42. The standard InChI is InChI=1S/C11H19N3O.C2HF3O2/c1-8-7-9(2)13-14(11(8)15)10-3-5-12-6-4-10;3-2(4,5)1(6)7/h8,10,12H,3-7H2,1-2H3;(H,6,7). The van der Waals surface area contributed by atoms with Crippen LogP contribution in [0.25, 0.3) is 0 Å². The van der Waals surface area contributed by atoms with Gasteiger partial charge >= 0.3 is 12.1 Å². The van der Waals surface area contributed by atoms with E-state index in [1.54, 1.807) is 5.01 Å². The maximum absolute atomic E-state index is 12.0. The van der Waals surface area contributed by atoms with Crippen LogP contribution >= 0.6 is 0 Å². The molecule has 0 aromatic carbocycles. The maximum Gasteiger partial charge on any atom is 0.490 e. The molecule has 2 aliphatic heterocycles. The second-order valence-electron chi connectivity index (χ2n) is 5.41. The monoisotopic (exact) mass is 323 g/mol. The highest BCUT2D eigenvalue weighted by Gasteiger charge is 2.38. The summed E-state index contributed by atoms with van der Waals surface area (Å²) in [4.78, 5) is 20.9. The van der Waals surface area contributed by atoms with E-state index in [1.807, 2.05) is 13.8 Å². The summed E-state index contributed by atoms with van der Waals surface area (Å²) >= 11 is 0. The number of carbonyl (C=O) groups is 2. The van der Waals surface area contributed by atoms with Crippen LogP contribution in [0.1, 0.15) is 33.1 Å². The van der Waals surface area contributed by atoms with Crippen LogP contribution < -0.4 is 5.32 Å². The van der Waals surface area contributed by atoms with Crippen LogP contribution in [0.5, 0.6) is 0 Å². The van der Waals surface area contributed by atoms with Gasteiger partial charge in [-0.3, -0.25) is 4.79 Å². The van der Waals surface area contributed by atoms with Gasteiger partial charge in [-0.2, -0.15) is 18.3 Å². The van der Waals surface area contributed by atoms with E-state index in [9.17, 15) is 18.0 Å². The molecule has 126 valence electrons. The van der Waals surface area contributed by atoms with Gasteiger partial charge < -0.3 is 10.4 Å². The molecule has 0 bridgehead atoms. The van der Waals surface area contributed by atoms with Crippen molar-refractivity contribution in [2.24, 2.45) is 11.0 Å². The largest absolute Gasteiger partial charge is 0.490 e. The van der Waals surface area contributed by atoms with Crippen molar-refractivity contribution in [1.82, 2.24) is 10.3 Å². The van der Waals surface area contributed by atoms with E-state index >= 15 is 0 Å². The molecule has 1 unspecified atom stereocenters. The zero-order valence-corrected chi connectivity index (χ0v) is 12.5. The highest BCUT2D eigenvalue weighted by atomic mass is 19.4. The quantitative estimate of drug-likeness (QED) is 0.768. The first-order valence-corrected chi connectivity index (χ1v) is 7.01. The first-order valence-electron chi connectivity index (χ1n) is 7.01. The lowest BCUT2D eigenvalue weighted by Crippen LogP contribution is -2.47. The highest BCUT2D eigenvalue weighted by molar-refractivity contribution is 5.92. The summed E-state index contributed by atoms with van der Waals surface area (Å²) < 4.78 is 31.7. The Morgan fingerprint density at radius 3 is 2.32 bits per heavy atom. The summed E-state index contributed by atoms with van der Waals surface area (Å²) in [5.74, 6) is -2.45. The number of hydrogen-bond acceptors (Lipinski definition) is 4. The topological polar surface area (TPSA) is 82.0 Å². The smallest absolute Gasteiger partial charge is 0.475 e. The molecule has 0 aromatic rings. The number of hydrogen-bond donors (Lipinski definition) is 2. The van der Waals surface area contributed by atoms with E-state index in [0.717, 1.165) is 38.1 Å². The van der Waals surface area contributed by atoms with Crippen LogP contribution in [0.4, 0.5) is 13.2 Å². The molecular weight excluding hydrogens is 303 g/mol. The Labute approximate surface area is 126 Å². The molecule has 2 N–H and O–H groups in total. The minimum Gasteiger partial charge on any atom is -0.475 e. The second kappa shape index (κ2) is 7.57. The Morgan fingerprint density at radius 2 is 1.86 bits per heavy atom. The SMILES string of the molecule is CC1=NN(C2CCNCC2)C(=O)C(C)C1.O=C(O)C(F)(F)F. The molecule has 2 heterocycles. The van der Waals surface area contributed by atoms with Crippen LogP contribution in [0, 0.1) is 5.92 Å². The summed E-state index contributed by atoms with van der Waals surface area (Å²) in [6, 6.07) is 0.316. The Bertz CT molecular complexity index is 446. The molecule has 6 nitrogen and oxygen atoms in total. The van der Waals surface area contributed by atoms with Gasteiger partial charge in [-0.15, -0.1) is 0 Å². The van der Waals surface area contributed by atoms with Gasteiger partial charge in [0.15, 0.2) is 0 Å². The third-order valence-corrected chi connectivity index (χ3v) is 3.42. The second-order valence-corrected chi connectivity index (χ2v) is 5.41. The van der Waals surface area contributed by atoms with Crippen molar-refractivity contribution in [3.8, 4) is 0 Å². The number of alkyl halides is 3. The minimum absolute atomic E-state index is 0.109. The van der Waals surface area contributed by atoms with E-state index in [1.165, 1.54) is 0 Å². The fourth-order valence-corrected chi connectivity index (χ4v) is 2.34. The first kappa shape index (κ1) is 18.4. The Kier molecular flexibility index (Phi) is 6.34. The lowest BCUT2D eigenvalue weighted by molar-refractivity contribution is -0.192. The lowest BCUT2D eigenvalue weighted by atomic mass is 9.99. The number of rotatable bonds is 1.